The van der Waals surface area contributed by atoms with E-state index in [0.717, 1.165) is 17.7 Å². The molecule has 2 rings (SSSR count). The predicted molar refractivity (Wildman–Crippen MR) is 89.0 cm³/mol. The van der Waals surface area contributed by atoms with E-state index < -0.39 is 0 Å². The van der Waals surface area contributed by atoms with E-state index >= 15 is 0 Å². The van der Waals surface area contributed by atoms with Gasteiger partial charge in [0.2, 0.25) is 0 Å². The van der Waals surface area contributed by atoms with Crippen molar-refractivity contribution in [3.8, 4) is 5.75 Å². The topological polar surface area (TPSA) is 38.3 Å². The van der Waals surface area contributed by atoms with Crippen molar-refractivity contribution in [3.63, 3.8) is 0 Å². The van der Waals surface area contributed by atoms with Gasteiger partial charge in [-0.3, -0.25) is 4.79 Å². The van der Waals surface area contributed by atoms with Crippen molar-refractivity contribution >= 4 is 5.91 Å². The molecule has 0 aliphatic rings. The maximum absolute atomic E-state index is 11.8. The smallest absolute Gasteiger partial charge is 0.257 e. The molecule has 0 aliphatic heterocycles. The highest BCUT2D eigenvalue weighted by Gasteiger charge is 2.07. The van der Waals surface area contributed by atoms with Crippen LogP contribution in [-0.2, 0) is 11.2 Å². The van der Waals surface area contributed by atoms with Crippen LogP contribution in [0.25, 0.3) is 0 Å². The summed E-state index contributed by atoms with van der Waals surface area (Å²) in [5, 5.41) is 2.86. The van der Waals surface area contributed by atoms with Crippen LogP contribution in [0.4, 0.5) is 0 Å². The van der Waals surface area contributed by atoms with Gasteiger partial charge in [0.25, 0.3) is 5.91 Å². The van der Waals surface area contributed by atoms with Gasteiger partial charge in [0, 0.05) is 13.0 Å². The Morgan fingerprint density at radius 1 is 1.05 bits per heavy atom. The molecule has 22 heavy (non-hydrogen) atoms. The van der Waals surface area contributed by atoms with Gasteiger partial charge < -0.3 is 10.1 Å². The van der Waals surface area contributed by atoms with Gasteiger partial charge in [0.05, 0.1) is 0 Å². The van der Waals surface area contributed by atoms with Crippen molar-refractivity contribution in [1.29, 1.82) is 0 Å². The lowest BCUT2D eigenvalue weighted by Gasteiger charge is -2.12. The summed E-state index contributed by atoms with van der Waals surface area (Å²) < 4.78 is 5.69. The molecule has 1 amide bonds. The minimum Gasteiger partial charge on any atom is -0.483 e. The van der Waals surface area contributed by atoms with E-state index in [1.165, 1.54) is 5.56 Å². The lowest BCUT2D eigenvalue weighted by molar-refractivity contribution is -0.123. The monoisotopic (exact) mass is 297 g/mol. The van der Waals surface area contributed by atoms with Crippen LogP contribution in [0.3, 0.4) is 0 Å². The first kappa shape index (κ1) is 16.1. The third-order valence-corrected chi connectivity index (χ3v) is 3.28. The molecule has 0 bridgehead atoms. The molecular formula is C19H23NO2. The van der Waals surface area contributed by atoms with E-state index in [2.05, 4.69) is 31.3 Å². The van der Waals surface area contributed by atoms with Crippen molar-refractivity contribution < 1.29 is 9.53 Å². The minimum absolute atomic E-state index is 0.0541. The van der Waals surface area contributed by atoms with E-state index in [9.17, 15) is 4.79 Å². The highest BCUT2D eigenvalue weighted by atomic mass is 16.5. The number of benzene rings is 2. The normalized spacial score (nSPS) is 10.5. The van der Waals surface area contributed by atoms with Crippen LogP contribution in [0.15, 0.2) is 54.6 Å². The number of amides is 1. The van der Waals surface area contributed by atoms with Crippen LogP contribution in [-0.4, -0.2) is 19.1 Å². The molecule has 0 aromatic heterocycles. The van der Waals surface area contributed by atoms with E-state index in [4.69, 9.17) is 4.74 Å². The number of carbonyl (C=O) groups excluding carboxylic acids is 1. The van der Waals surface area contributed by atoms with Gasteiger partial charge in [-0.25, -0.2) is 0 Å². The molecule has 0 unspecified atom stereocenters. The van der Waals surface area contributed by atoms with E-state index in [1.807, 2.05) is 42.5 Å². The molecule has 0 saturated heterocycles. The van der Waals surface area contributed by atoms with Gasteiger partial charge in [-0.2, -0.15) is 0 Å². The average Bonchev–Trinajstić information content (AvgIpc) is 2.53. The van der Waals surface area contributed by atoms with Crippen LogP contribution in [0, 0.1) is 5.92 Å². The SMILES string of the molecule is CC(C)CNC(=O)COc1ccccc1Cc1ccccc1. The lowest BCUT2D eigenvalue weighted by Crippen LogP contribution is -2.31. The molecule has 0 heterocycles. The molecule has 0 spiro atoms. The molecule has 0 aliphatic carbocycles. The Morgan fingerprint density at radius 2 is 1.73 bits per heavy atom. The molecule has 3 nitrogen and oxygen atoms in total. The van der Waals surface area contributed by atoms with Gasteiger partial charge in [-0.05, 0) is 23.1 Å². The first-order valence-corrected chi connectivity index (χ1v) is 7.66. The molecule has 1 N–H and O–H groups in total. The number of carbonyl (C=O) groups is 1. The summed E-state index contributed by atoms with van der Waals surface area (Å²) in [6.45, 7) is 4.86. The zero-order chi connectivity index (χ0) is 15.8. The second-order valence-electron chi connectivity index (χ2n) is 5.76. The van der Waals surface area contributed by atoms with Crippen LogP contribution in [0.1, 0.15) is 25.0 Å². The number of ether oxygens (including phenoxy) is 1. The minimum atomic E-state index is -0.0804. The van der Waals surface area contributed by atoms with E-state index in [0.29, 0.717) is 12.5 Å². The lowest BCUT2D eigenvalue weighted by atomic mass is 10.0. The fourth-order valence-electron chi connectivity index (χ4n) is 2.12. The summed E-state index contributed by atoms with van der Waals surface area (Å²) in [5.74, 6) is 1.13. The van der Waals surface area contributed by atoms with Gasteiger partial charge in [0.1, 0.15) is 5.75 Å². The van der Waals surface area contributed by atoms with Crippen molar-refractivity contribution in [3.05, 3.63) is 65.7 Å². The average molecular weight is 297 g/mol. The largest absolute Gasteiger partial charge is 0.483 e. The van der Waals surface area contributed by atoms with Gasteiger partial charge in [-0.15, -0.1) is 0 Å². The van der Waals surface area contributed by atoms with Crippen LogP contribution >= 0.6 is 0 Å². The fourth-order valence-corrected chi connectivity index (χ4v) is 2.12. The summed E-state index contributed by atoms with van der Waals surface area (Å²) in [5.41, 5.74) is 2.31. The van der Waals surface area contributed by atoms with Crippen molar-refractivity contribution in [2.75, 3.05) is 13.2 Å². The van der Waals surface area contributed by atoms with Crippen molar-refractivity contribution in [2.24, 2.45) is 5.92 Å². The highest BCUT2D eigenvalue weighted by molar-refractivity contribution is 5.77. The van der Waals surface area contributed by atoms with Gasteiger partial charge in [-0.1, -0.05) is 62.4 Å². The van der Waals surface area contributed by atoms with E-state index in [1.54, 1.807) is 0 Å². The first-order chi connectivity index (χ1) is 10.6. The molecule has 3 heteroatoms. The predicted octanol–water partition coefficient (Wildman–Crippen LogP) is 3.43. The number of nitrogens with one attached hydrogen (secondary N) is 1. The molecule has 2 aromatic rings. The Morgan fingerprint density at radius 3 is 2.45 bits per heavy atom. The summed E-state index contributed by atoms with van der Waals surface area (Å²) in [7, 11) is 0. The second-order valence-corrected chi connectivity index (χ2v) is 5.76. The van der Waals surface area contributed by atoms with Gasteiger partial charge in [0.15, 0.2) is 6.61 Å². The Labute approximate surface area is 132 Å². The Kier molecular flexibility index (Phi) is 6.01. The van der Waals surface area contributed by atoms with Crippen LogP contribution in [0.2, 0.25) is 0 Å². The van der Waals surface area contributed by atoms with Crippen molar-refractivity contribution in [2.45, 2.75) is 20.3 Å². The third kappa shape index (κ3) is 5.24. The number of hydrogen-bond donors (Lipinski definition) is 1. The number of rotatable bonds is 7. The standard InChI is InChI=1S/C19H23NO2/c1-15(2)13-20-19(21)14-22-18-11-7-6-10-17(18)12-16-8-4-3-5-9-16/h3-11,15H,12-14H2,1-2H3,(H,20,21). The molecule has 0 radical (unpaired) electrons. The summed E-state index contributed by atoms with van der Waals surface area (Å²) in [4.78, 5) is 11.8. The molecule has 0 fully saturated rings. The second kappa shape index (κ2) is 8.23. The molecule has 0 atom stereocenters. The zero-order valence-electron chi connectivity index (χ0n) is 13.2. The fraction of sp³-hybridized carbons (Fsp3) is 0.316. The molecular weight excluding hydrogens is 274 g/mol. The quantitative estimate of drug-likeness (QED) is 0.850. The highest BCUT2D eigenvalue weighted by Crippen LogP contribution is 2.21. The summed E-state index contributed by atoms with van der Waals surface area (Å²) >= 11 is 0. The van der Waals surface area contributed by atoms with Crippen molar-refractivity contribution in [1.82, 2.24) is 5.32 Å². The van der Waals surface area contributed by atoms with Gasteiger partial charge >= 0.3 is 0 Å². The number of hydrogen-bond acceptors (Lipinski definition) is 2. The summed E-state index contributed by atoms with van der Waals surface area (Å²) in [6, 6.07) is 18.1. The van der Waals surface area contributed by atoms with Crippen LogP contribution < -0.4 is 10.1 Å². The zero-order valence-corrected chi connectivity index (χ0v) is 13.2. The maximum Gasteiger partial charge on any atom is 0.257 e. The molecule has 2 aromatic carbocycles. The van der Waals surface area contributed by atoms with E-state index in [-0.39, 0.29) is 12.5 Å². The molecule has 0 saturated carbocycles. The third-order valence-electron chi connectivity index (χ3n) is 3.28. The van der Waals surface area contributed by atoms with Crippen LogP contribution in [0.5, 0.6) is 5.75 Å². The molecule has 116 valence electrons. The Bertz CT molecular complexity index is 593. The first-order valence-electron chi connectivity index (χ1n) is 7.66. The number of para-hydroxylation sites is 1. The maximum atomic E-state index is 11.8. The summed E-state index contributed by atoms with van der Waals surface area (Å²) in [6.07, 6.45) is 0.796. The Balaban J connectivity index is 1.95. The Hall–Kier alpha value is -2.29.